The van der Waals surface area contributed by atoms with Crippen LogP contribution in [0, 0.1) is 0 Å². The molecule has 0 radical (unpaired) electrons. The van der Waals surface area contributed by atoms with Crippen molar-refractivity contribution in [1.82, 2.24) is 9.88 Å². The van der Waals surface area contributed by atoms with Crippen molar-refractivity contribution in [2.45, 2.75) is 5.37 Å². The second-order valence-corrected chi connectivity index (χ2v) is 7.95. The molecular formula is C20H18N2O2S2. The van der Waals surface area contributed by atoms with E-state index in [1.165, 1.54) is 11.3 Å². The SMILES string of the molecule is COc1cccc([C@H]2SCCN2C(=O)c2csc(-c3ccccc3)n2)c1. The van der Waals surface area contributed by atoms with Crippen LogP contribution in [-0.4, -0.2) is 35.2 Å². The maximum atomic E-state index is 13.1. The number of amides is 1. The average molecular weight is 383 g/mol. The summed E-state index contributed by atoms with van der Waals surface area (Å²) in [5.41, 5.74) is 2.64. The molecule has 0 spiro atoms. The number of hydrogen-bond acceptors (Lipinski definition) is 5. The number of carbonyl (C=O) groups is 1. The Labute approximate surface area is 160 Å². The fourth-order valence-corrected chi connectivity index (χ4v) is 5.03. The molecule has 132 valence electrons. The van der Waals surface area contributed by atoms with Crippen molar-refractivity contribution in [3.8, 4) is 16.3 Å². The third-order valence-electron chi connectivity index (χ3n) is 4.27. The standard InChI is InChI=1S/C20H18N2O2S2/c1-24-16-9-5-8-15(12-16)20-22(10-11-25-20)19(23)17-13-26-18(21-17)14-6-3-2-4-7-14/h2-9,12-13,20H,10-11H2,1H3/t20-/m1/s1. The van der Waals surface area contributed by atoms with Crippen LogP contribution < -0.4 is 4.74 Å². The monoisotopic (exact) mass is 382 g/mol. The lowest BCUT2D eigenvalue weighted by Crippen LogP contribution is -2.30. The predicted octanol–water partition coefficient (Wildman–Crippen LogP) is 4.71. The zero-order valence-corrected chi connectivity index (χ0v) is 15.9. The molecule has 0 bridgehead atoms. The van der Waals surface area contributed by atoms with Crippen molar-refractivity contribution >= 4 is 29.0 Å². The van der Waals surface area contributed by atoms with Crippen LogP contribution in [0.3, 0.4) is 0 Å². The second kappa shape index (κ2) is 7.51. The highest BCUT2D eigenvalue weighted by Crippen LogP contribution is 2.40. The highest BCUT2D eigenvalue weighted by molar-refractivity contribution is 7.99. The molecule has 0 unspecified atom stereocenters. The molecule has 1 saturated heterocycles. The van der Waals surface area contributed by atoms with Gasteiger partial charge in [-0.05, 0) is 17.7 Å². The van der Waals surface area contributed by atoms with Crippen molar-refractivity contribution < 1.29 is 9.53 Å². The Bertz CT molecular complexity index is 911. The topological polar surface area (TPSA) is 42.4 Å². The lowest BCUT2D eigenvalue weighted by molar-refractivity contribution is 0.0755. The first-order chi connectivity index (χ1) is 12.8. The molecule has 2 aromatic carbocycles. The van der Waals surface area contributed by atoms with E-state index < -0.39 is 0 Å². The first-order valence-corrected chi connectivity index (χ1v) is 10.3. The van der Waals surface area contributed by atoms with E-state index in [9.17, 15) is 4.79 Å². The van der Waals surface area contributed by atoms with Crippen LogP contribution in [-0.2, 0) is 0 Å². The van der Waals surface area contributed by atoms with Crippen molar-refractivity contribution in [1.29, 1.82) is 0 Å². The molecule has 4 nitrogen and oxygen atoms in total. The molecule has 1 aliphatic rings. The fourth-order valence-electron chi connectivity index (χ4n) is 2.98. The van der Waals surface area contributed by atoms with Gasteiger partial charge in [0, 0.05) is 23.2 Å². The molecule has 0 aliphatic carbocycles. The summed E-state index contributed by atoms with van der Waals surface area (Å²) < 4.78 is 5.32. The number of ether oxygens (including phenoxy) is 1. The van der Waals surface area contributed by atoms with E-state index in [0.717, 1.165) is 34.2 Å². The van der Waals surface area contributed by atoms with E-state index in [1.807, 2.05) is 64.9 Å². The molecule has 6 heteroatoms. The molecule has 0 N–H and O–H groups in total. The van der Waals surface area contributed by atoms with Gasteiger partial charge in [0.05, 0.1) is 7.11 Å². The van der Waals surface area contributed by atoms with E-state index in [0.29, 0.717) is 5.69 Å². The van der Waals surface area contributed by atoms with Gasteiger partial charge in [0.2, 0.25) is 0 Å². The van der Waals surface area contributed by atoms with Crippen LogP contribution in [0.15, 0.2) is 60.0 Å². The molecule has 2 heterocycles. The normalized spacial score (nSPS) is 16.7. The Balaban J connectivity index is 1.58. The van der Waals surface area contributed by atoms with Gasteiger partial charge in [0.1, 0.15) is 21.8 Å². The number of benzene rings is 2. The van der Waals surface area contributed by atoms with Gasteiger partial charge >= 0.3 is 0 Å². The molecule has 26 heavy (non-hydrogen) atoms. The van der Waals surface area contributed by atoms with Crippen LogP contribution in [0.1, 0.15) is 21.4 Å². The first-order valence-electron chi connectivity index (χ1n) is 8.34. The lowest BCUT2D eigenvalue weighted by atomic mass is 10.2. The van der Waals surface area contributed by atoms with Gasteiger partial charge in [-0.3, -0.25) is 4.79 Å². The number of hydrogen-bond donors (Lipinski definition) is 0. The van der Waals surface area contributed by atoms with E-state index >= 15 is 0 Å². The zero-order valence-electron chi connectivity index (χ0n) is 14.3. The minimum absolute atomic E-state index is 0.000486. The average Bonchev–Trinajstić information content (AvgIpc) is 3.38. The summed E-state index contributed by atoms with van der Waals surface area (Å²) in [6.07, 6.45) is 0. The molecular weight excluding hydrogens is 364 g/mol. The fraction of sp³-hybridized carbons (Fsp3) is 0.200. The highest BCUT2D eigenvalue weighted by atomic mass is 32.2. The van der Waals surface area contributed by atoms with Gasteiger partial charge in [-0.25, -0.2) is 4.98 Å². The summed E-state index contributed by atoms with van der Waals surface area (Å²) in [6, 6.07) is 17.9. The Morgan fingerprint density at radius 1 is 1.19 bits per heavy atom. The van der Waals surface area contributed by atoms with Gasteiger partial charge in [-0.1, -0.05) is 42.5 Å². The number of aromatic nitrogens is 1. The number of methoxy groups -OCH3 is 1. The minimum Gasteiger partial charge on any atom is -0.497 e. The molecule has 1 amide bonds. The van der Waals surface area contributed by atoms with Crippen LogP contribution >= 0.6 is 23.1 Å². The lowest BCUT2D eigenvalue weighted by Gasteiger charge is -2.23. The molecule has 1 atom stereocenters. The van der Waals surface area contributed by atoms with E-state index in [4.69, 9.17) is 4.74 Å². The van der Waals surface area contributed by atoms with E-state index in [-0.39, 0.29) is 11.3 Å². The largest absolute Gasteiger partial charge is 0.497 e. The van der Waals surface area contributed by atoms with Crippen molar-refractivity contribution in [3.05, 3.63) is 71.2 Å². The summed E-state index contributed by atoms with van der Waals surface area (Å²) in [5.74, 6) is 1.72. The van der Waals surface area contributed by atoms with Crippen LogP contribution in [0.2, 0.25) is 0 Å². The molecule has 1 fully saturated rings. The first kappa shape index (κ1) is 17.1. The Kier molecular flexibility index (Phi) is 4.95. The van der Waals surface area contributed by atoms with E-state index in [2.05, 4.69) is 4.98 Å². The van der Waals surface area contributed by atoms with Gasteiger partial charge in [0.25, 0.3) is 5.91 Å². The van der Waals surface area contributed by atoms with Crippen LogP contribution in [0.25, 0.3) is 10.6 Å². The molecule has 1 aromatic heterocycles. The van der Waals surface area contributed by atoms with Gasteiger partial charge in [0.15, 0.2) is 0 Å². The summed E-state index contributed by atoms with van der Waals surface area (Å²) in [7, 11) is 1.66. The summed E-state index contributed by atoms with van der Waals surface area (Å²) in [4.78, 5) is 19.5. The zero-order chi connectivity index (χ0) is 17.9. The second-order valence-electron chi connectivity index (χ2n) is 5.90. The molecule has 3 aromatic rings. The molecule has 0 saturated carbocycles. The van der Waals surface area contributed by atoms with E-state index in [1.54, 1.807) is 18.9 Å². The number of nitrogens with zero attached hydrogens (tertiary/aromatic N) is 2. The Morgan fingerprint density at radius 2 is 2.04 bits per heavy atom. The third-order valence-corrected chi connectivity index (χ3v) is 6.43. The highest BCUT2D eigenvalue weighted by Gasteiger charge is 2.32. The van der Waals surface area contributed by atoms with Crippen molar-refractivity contribution in [2.24, 2.45) is 0 Å². The van der Waals surface area contributed by atoms with Crippen LogP contribution in [0.4, 0.5) is 0 Å². The van der Waals surface area contributed by atoms with Crippen molar-refractivity contribution in [2.75, 3.05) is 19.4 Å². The minimum atomic E-state index is -0.0127. The predicted molar refractivity (Wildman–Crippen MR) is 107 cm³/mol. The van der Waals surface area contributed by atoms with Crippen molar-refractivity contribution in [3.63, 3.8) is 0 Å². The van der Waals surface area contributed by atoms with Gasteiger partial charge in [-0.2, -0.15) is 0 Å². The van der Waals surface area contributed by atoms with Gasteiger partial charge in [-0.15, -0.1) is 23.1 Å². The number of thioether (sulfide) groups is 1. The quantitative estimate of drug-likeness (QED) is 0.656. The summed E-state index contributed by atoms with van der Waals surface area (Å²) in [5, 5.41) is 2.73. The smallest absolute Gasteiger partial charge is 0.274 e. The number of thiazole rings is 1. The maximum absolute atomic E-state index is 13.1. The maximum Gasteiger partial charge on any atom is 0.274 e. The molecule has 1 aliphatic heterocycles. The summed E-state index contributed by atoms with van der Waals surface area (Å²) >= 11 is 3.28. The van der Waals surface area contributed by atoms with Gasteiger partial charge < -0.3 is 9.64 Å². The Hall–Kier alpha value is -2.31. The number of carbonyl (C=O) groups excluding carboxylic acids is 1. The number of rotatable bonds is 4. The molecule has 4 rings (SSSR count). The third kappa shape index (κ3) is 3.34. The van der Waals surface area contributed by atoms with Crippen LogP contribution in [0.5, 0.6) is 5.75 Å². The summed E-state index contributed by atoms with van der Waals surface area (Å²) in [6.45, 7) is 0.726. The Morgan fingerprint density at radius 3 is 2.85 bits per heavy atom.